The van der Waals surface area contributed by atoms with Gasteiger partial charge in [0, 0.05) is 44.0 Å². The van der Waals surface area contributed by atoms with Crippen molar-refractivity contribution in [1.29, 1.82) is 0 Å². The van der Waals surface area contributed by atoms with Crippen LogP contribution in [0.25, 0.3) is 27.9 Å². The fraction of sp³-hybridized carbons (Fsp3) is 0.290. The van der Waals surface area contributed by atoms with Gasteiger partial charge in [-0.25, -0.2) is 0 Å². The summed E-state index contributed by atoms with van der Waals surface area (Å²) in [5.74, 6) is 0.00882. The SMILES string of the molecule is CCCCCCCCn1c2ccc(C(C)=O)cc2c2cc(C(=O)/C=C/c3ccccc3Br)ccc21. The third kappa shape index (κ3) is 5.82. The molecule has 180 valence electrons. The highest BCUT2D eigenvalue weighted by atomic mass is 79.9. The number of benzene rings is 3. The van der Waals surface area contributed by atoms with Crippen molar-refractivity contribution in [2.24, 2.45) is 0 Å². The molecule has 3 aromatic carbocycles. The van der Waals surface area contributed by atoms with Gasteiger partial charge in [0.1, 0.15) is 0 Å². The molecule has 0 fully saturated rings. The summed E-state index contributed by atoms with van der Waals surface area (Å²) in [4.78, 5) is 25.1. The number of nitrogens with zero attached hydrogens (tertiary/aromatic N) is 1. The lowest BCUT2D eigenvalue weighted by atomic mass is 10.0. The highest BCUT2D eigenvalue weighted by Crippen LogP contribution is 2.32. The van der Waals surface area contributed by atoms with Crippen molar-refractivity contribution >= 4 is 55.4 Å². The number of unbranched alkanes of at least 4 members (excludes halogenated alkanes) is 5. The Morgan fingerprint density at radius 3 is 2.14 bits per heavy atom. The second-order valence-electron chi connectivity index (χ2n) is 9.16. The van der Waals surface area contributed by atoms with Crippen molar-refractivity contribution in [2.75, 3.05) is 0 Å². The molecule has 0 N–H and O–H groups in total. The summed E-state index contributed by atoms with van der Waals surface area (Å²) in [7, 11) is 0. The summed E-state index contributed by atoms with van der Waals surface area (Å²) in [6, 6.07) is 19.7. The molecule has 4 aromatic rings. The van der Waals surface area contributed by atoms with Crippen LogP contribution in [0.2, 0.25) is 0 Å². The second kappa shape index (κ2) is 11.6. The summed E-state index contributed by atoms with van der Waals surface area (Å²) in [5, 5.41) is 2.05. The predicted octanol–water partition coefficient (Wildman–Crippen LogP) is 9.02. The Morgan fingerprint density at radius 1 is 0.829 bits per heavy atom. The summed E-state index contributed by atoms with van der Waals surface area (Å²) in [6.45, 7) is 4.77. The van der Waals surface area contributed by atoms with E-state index in [1.807, 2.05) is 54.6 Å². The summed E-state index contributed by atoms with van der Waals surface area (Å²) in [6.07, 6.45) is 10.9. The van der Waals surface area contributed by atoms with Crippen molar-refractivity contribution in [3.63, 3.8) is 0 Å². The molecule has 0 aliphatic rings. The standard InChI is InChI=1S/C31H32BrNO2/c1-3-4-5-6-7-10-19-33-29-16-13-24(22(2)34)20-26(29)27-21-25(14-17-30(27)33)31(35)18-15-23-11-8-9-12-28(23)32/h8-9,11-18,20-21H,3-7,10,19H2,1-2H3/b18-15+. The molecule has 0 radical (unpaired) electrons. The predicted molar refractivity (Wildman–Crippen MR) is 150 cm³/mol. The number of carbonyl (C=O) groups excluding carboxylic acids is 2. The average molecular weight is 531 g/mol. The Balaban J connectivity index is 1.68. The lowest BCUT2D eigenvalue weighted by Crippen LogP contribution is -1.99. The molecule has 4 heteroatoms. The molecule has 0 aliphatic carbocycles. The minimum Gasteiger partial charge on any atom is -0.340 e. The normalized spacial score (nSPS) is 11.6. The zero-order valence-electron chi connectivity index (χ0n) is 20.5. The van der Waals surface area contributed by atoms with E-state index in [0.29, 0.717) is 11.1 Å². The lowest BCUT2D eigenvalue weighted by molar-refractivity contribution is 0.101. The first-order chi connectivity index (χ1) is 17.0. The minimum atomic E-state index is -0.0396. The van der Waals surface area contributed by atoms with Crippen LogP contribution in [0.3, 0.4) is 0 Å². The Morgan fingerprint density at radius 2 is 1.46 bits per heavy atom. The molecular weight excluding hydrogens is 498 g/mol. The van der Waals surface area contributed by atoms with Gasteiger partial charge in [-0.15, -0.1) is 0 Å². The van der Waals surface area contributed by atoms with Crippen LogP contribution >= 0.6 is 15.9 Å². The summed E-state index contributed by atoms with van der Waals surface area (Å²) in [5.41, 5.74) is 4.53. The molecule has 0 bridgehead atoms. The number of ketones is 2. The largest absolute Gasteiger partial charge is 0.340 e. The van der Waals surface area contributed by atoms with Crippen molar-refractivity contribution in [1.82, 2.24) is 4.57 Å². The minimum absolute atomic E-state index is 0.0396. The lowest BCUT2D eigenvalue weighted by Gasteiger charge is -2.08. The number of hydrogen-bond donors (Lipinski definition) is 0. The van der Waals surface area contributed by atoms with E-state index in [2.05, 4.69) is 39.6 Å². The highest BCUT2D eigenvalue weighted by Gasteiger charge is 2.14. The van der Waals surface area contributed by atoms with E-state index >= 15 is 0 Å². The molecule has 0 unspecified atom stereocenters. The number of aromatic nitrogens is 1. The van der Waals surface area contributed by atoms with Crippen LogP contribution in [0.1, 0.15) is 78.7 Å². The van der Waals surface area contributed by atoms with Crippen LogP contribution in [0.5, 0.6) is 0 Å². The van der Waals surface area contributed by atoms with Crippen LogP contribution in [0, 0.1) is 0 Å². The fourth-order valence-corrected chi connectivity index (χ4v) is 5.06. The van der Waals surface area contributed by atoms with Crippen LogP contribution in [0.4, 0.5) is 0 Å². The Labute approximate surface area is 216 Å². The van der Waals surface area contributed by atoms with Gasteiger partial charge in [-0.1, -0.05) is 73.2 Å². The van der Waals surface area contributed by atoms with Crippen molar-refractivity contribution in [3.05, 3.63) is 87.9 Å². The number of rotatable bonds is 11. The second-order valence-corrected chi connectivity index (χ2v) is 10.0. The zero-order chi connectivity index (χ0) is 24.8. The van der Waals surface area contributed by atoms with Gasteiger partial charge >= 0.3 is 0 Å². The molecule has 0 saturated carbocycles. The molecule has 0 atom stereocenters. The van der Waals surface area contributed by atoms with Crippen molar-refractivity contribution in [2.45, 2.75) is 58.9 Å². The highest BCUT2D eigenvalue weighted by molar-refractivity contribution is 9.10. The molecule has 0 spiro atoms. The molecule has 3 nitrogen and oxygen atoms in total. The molecule has 1 heterocycles. The maximum Gasteiger partial charge on any atom is 0.185 e. The van der Waals surface area contributed by atoms with Crippen molar-refractivity contribution < 1.29 is 9.59 Å². The third-order valence-electron chi connectivity index (χ3n) is 6.61. The zero-order valence-corrected chi connectivity index (χ0v) is 22.1. The van der Waals surface area contributed by atoms with E-state index in [-0.39, 0.29) is 11.6 Å². The first-order valence-corrected chi connectivity index (χ1v) is 13.3. The molecule has 4 rings (SSSR count). The number of allylic oxidation sites excluding steroid dienone is 1. The van der Waals surface area contributed by atoms with E-state index in [4.69, 9.17) is 0 Å². The molecule has 0 aliphatic heterocycles. The van der Waals surface area contributed by atoms with Gasteiger partial charge in [0.05, 0.1) is 0 Å². The summed E-state index contributed by atoms with van der Waals surface area (Å²) >= 11 is 3.53. The smallest absolute Gasteiger partial charge is 0.185 e. The van der Waals surface area contributed by atoms with E-state index in [1.165, 1.54) is 32.1 Å². The van der Waals surface area contributed by atoms with E-state index in [1.54, 1.807) is 13.0 Å². The monoisotopic (exact) mass is 529 g/mol. The number of halogens is 1. The molecule has 0 amide bonds. The van der Waals surface area contributed by atoms with Crippen molar-refractivity contribution in [3.8, 4) is 0 Å². The molecule has 35 heavy (non-hydrogen) atoms. The number of hydrogen-bond acceptors (Lipinski definition) is 2. The van der Waals surface area contributed by atoms with E-state index in [9.17, 15) is 9.59 Å². The number of fused-ring (bicyclic) bond motifs is 3. The van der Waals surface area contributed by atoms with Gasteiger partial charge in [-0.05, 0) is 73.5 Å². The average Bonchev–Trinajstić information content (AvgIpc) is 3.17. The van der Waals surface area contributed by atoms with Gasteiger partial charge in [0.2, 0.25) is 0 Å². The van der Waals surface area contributed by atoms with Gasteiger partial charge in [0.15, 0.2) is 11.6 Å². The van der Waals surface area contributed by atoms with Crippen LogP contribution in [-0.4, -0.2) is 16.1 Å². The summed E-state index contributed by atoms with van der Waals surface area (Å²) < 4.78 is 3.30. The Hall–Kier alpha value is -2.98. The van der Waals surface area contributed by atoms with Crippen LogP contribution < -0.4 is 0 Å². The Bertz CT molecular complexity index is 1400. The van der Waals surface area contributed by atoms with Crippen LogP contribution in [-0.2, 0) is 6.54 Å². The number of aryl methyl sites for hydroxylation is 1. The van der Waals surface area contributed by atoms with Gasteiger partial charge in [0.25, 0.3) is 0 Å². The van der Waals surface area contributed by atoms with E-state index in [0.717, 1.165) is 44.8 Å². The maximum absolute atomic E-state index is 13.0. The Kier molecular flexibility index (Phi) is 8.35. The fourth-order valence-electron chi connectivity index (χ4n) is 4.64. The molecule has 1 aromatic heterocycles. The number of Topliss-reactive ketones (excluding diaryl/α,β-unsaturated/α-hetero) is 1. The molecule has 0 saturated heterocycles. The van der Waals surface area contributed by atoms with Crippen LogP contribution in [0.15, 0.2) is 71.2 Å². The first kappa shape index (κ1) is 25.1. The number of carbonyl (C=O) groups is 2. The van der Waals surface area contributed by atoms with Gasteiger partial charge < -0.3 is 4.57 Å². The topological polar surface area (TPSA) is 39.1 Å². The molecular formula is C31H32BrNO2. The third-order valence-corrected chi connectivity index (χ3v) is 7.33. The quantitative estimate of drug-likeness (QED) is 0.110. The first-order valence-electron chi connectivity index (χ1n) is 12.5. The van der Waals surface area contributed by atoms with E-state index < -0.39 is 0 Å². The van der Waals surface area contributed by atoms with Gasteiger partial charge in [-0.3, -0.25) is 9.59 Å². The van der Waals surface area contributed by atoms with Gasteiger partial charge in [-0.2, -0.15) is 0 Å². The maximum atomic E-state index is 13.0.